The normalized spacial score (nSPS) is 11.2. The number of aromatic hydroxyl groups is 2. The first-order valence-electron chi connectivity index (χ1n) is 14.9. The Morgan fingerprint density at radius 2 is 1.09 bits per heavy atom. The summed E-state index contributed by atoms with van der Waals surface area (Å²) in [5, 5.41) is 39.2. The van der Waals surface area contributed by atoms with Gasteiger partial charge < -0.3 is 34.8 Å². The van der Waals surface area contributed by atoms with Crippen LogP contribution < -0.4 is 14.9 Å². The van der Waals surface area contributed by atoms with E-state index in [1.54, 1.807) is 19.5 Å². The van der Waals surface area contributed by atoms with Gasteiger partial charge in [0.2, 0.25) is 0 Å². The van der Waals surface area contributed by atoms with Gasteiger partial charge in [0, 0.05) is 41.6 Å². The topological polar surface area (TPSA) is 155 Å². The fourth-order valence-corrected chi connectivity index (χ4v) is 4.51. The number of carboxylic acids is 2. The summed E-state index contributed by atoms with van der Waals surface area (Å²) >= 11 is 0. The number of nitrogens with zero attached hydrogens (tertiary/aromatic N) is 2. The van der Waals surface area contributed by atoms with Crippen LogP contribution in [0.3, 0.4) is 0 Å². The molecular weight excluding hydrogens is 643 g/mol. The molecule has 0 spiro atoms. The molecule has 0 bridgehead atoms. The maximum atomic E-state index is 10.7. The third-order valence-electron chi connectivity index (χ3n) is 6.12. The van der Waals surface area contributed by atoms with Gasteiger partial charge in [-0.2, -0.15) is 0 Å². The number of aliphatic carboxylic acids is 2. The van der Waals surface area contributed by atoms with E-state index >= 15 is 0 Å². The smallest absolute Gasteiger partial charge is 0.550 e. The zero-order valence-electron chi connectivity index (χ0n) is 29.3. The number of methoxy groups -OCH3 is 1. The Labute approximate surface area is 289 Å². The predicted octanol–water partition coefficient (Wildman–Crippen LogP) is 5.91. The summed E-state index contributed by atoms with van der Waals surface area (Å²) in [6.07, 6.45) is 5.14. The molecule has 0 aliphatic rings. The van der Waals surface area contributed by atoms with Crippen LogP contribution in [0.15, 0.2) is 52.4 Å². The maximum Gasteiger partial charge on any atom is 2.00 e. The summed E-state index contributed by atoms with van der Waals surface area (Å²) in [7, 11) is 1.61. The summed E-state index contributed by atoms with van der Waals surface area (Å²) in [6, 6.07) is 13.5. The maximum absolute atomic E-state index is 10.7. The van der Waals surface area contributed by atoms with Crippen molar-refractivity contribution in [2.45, 2.75) is 82.1 Å². The molecule has 0 aliphatic carbocycles. The van der Waals surface area contributed by atoms with Crippen molar-refractivity contribution in [3.05, 3.63) is 75.8 Å². The van der Waals surface area contributed by atoms with Crippen LogP contribution in [0.2, 0.25) is 0 Å². The van der Waals surface area contributed by atoms with Crippen LogP contribution in [0.1, 0.15) is 88.8 Å². The van der Waals surface area contributed by atoms with Gasteiger partial charge in [0.05, 0.1) is 18.5 Å². The summed E-state index contributed by atoms with van der Waals surface area (Å²) in [6.45, 7) is 18.9. The van der Waals surface area contributed by atoms with Crippen molar-refractivity contribution in [3.63, 3.8) is 0 Å². The van der Waals surface area contributed by atoms with E-state index < -0.39 is 11.9 Å². The van der Waals surface area contributed by atoms with E-state index in [2.05, 4.69) is 41.5 Å². The second kappa shape index (κ2) is 18.9. The molecule has 0 aromatic heterocycles. The zero-order chi connectivity index (χ0) is 35.4. The van der Waals surface area contributed by atoms with Crippen LogP contribution in [0, 0.1) is 24.7 Å². The molecule has 3 aromatic rings. The molecule has 10 heteroatoms. The van der Waals surface area contributed by atoms with Crippen LogP contribution in [0.4, 0.5) is 11.4 Å². The molecule has 257 valence electrons. The quantitative estimate of drug-likeness (QED) is 0.292. The van der Waals surface area contributed by atoms with E-state index in [1.165, 1.54) is 0 Å². The number of carbonyl (C=O) groups excluding carboxylic acids is 2. The third kappa shape index (κ3) is 16.8. The van der Waals surface area contributed by atoms with E-state index in [-0.39, 0.29) is 39.1 Å². The van der Waals surface area contributed by atoms with E-state index in [1.807, 2.05) is 56.3 Å². The molecule has 3 aromatic carbocycles. The Morgan fingerprint density at radius 1 is 0.723 bits per heavy atom. The van der Waals surface area contributed by atoms with Crippen molar-refractivity contribution in [2.75, 3.05) is 7.11 Å². The molecule has 1 radical (unpaired) electrons. The molecule has 0 saturated heterocycles. The van der Waals surface area contributed by atoms with Crippen molar-refractivity contribution < 1.29 is 51.5 Å². The van der Waals surface area contributed by atoms with Gasteiger partial charge in [-0.05, 0) is 97.9 Å². The summed E-state index contributed by atoms with van der Waals surface area (Å²) in [4.78, 5) is 27.2. The first-order valence-corrected chi connectivity index (χ1v) is 14.9. The second-order valence-corrected chi connectivity index (χ2v) is 13.5. The number of aryl methyl sites for hydroxylation is 2. The van der Waals surface area contributed by atoms with Gasteiger partial charge >= 0.3 is 16.8 Å². The van der Waals surface area contributed by atoms with Crippen LogP contribution in [-0.2, 0) is 39.2 Å². The molecule has 0 unspecified atom stereocenters. The predicted molar refractivity (Wildman–Crippen MR) is 181 cm³/mol. The molecule has 3 rings (SSSR count). The Morgan fingerprint density at radius 3 is 1.43 bits per heavy atom. The largest absolute Gasteiger partial charge is 2.00 e. The van der Waals surface area contributed by atoms with Crippen LogP contribution in [0.25, 0.3) is 0 Å². The SMILES string of the molecule is CC(=O)[O-].CC(=O)[O-].COc1ccc(N=Cc2cc(CC(C)(C)C)cc(C)c2O)c(N=Cc2cc(CC(C)(C)C)cc(C)c2O)c1.[Co+2]. The third-order valence-corrected chi connectivity index (χ3v) is 6.12. The Bertz CT molecular complexity index is 1550. The number of hydrogen-bond donors (Lipinski definition) is 2. The number of carboxylic acid groups (broad SMARTS) is 2. The van der Waals surface area contributed by atoms with Crippen molar-refractivity contribution >= 4 is 35.7 Å². The molecule has 47 heavy (non-hydrogen) atoms. The average molecular weight is 692 g/mol. The van der Waals surface area contributed by atoms with E-state index in [0.717, 1.165) is 48.9 Å². The van der Waals surface area contributed by atoms with Crippen molar-refractivity contribution in [1.82, 2.24) is 0 Å². The van der Waals surface area contributed by atoms with Gasteiger partial charge in [0.15, 0.2) is 0 Å². The molecule has 0 heterocycles. The molecule has 0 fully saturated rings. The van der Waals surface area contributed by atoms with Gasteiger partial charge in [0.25, 0.3) is 0 Å². The minimum atomic E-state index is -1.08. The van der Waals surface area contributed by atoms with Crippen LogP contribution in [0.5, 0.6) is 17.2 Å². The number of rotatable bonds is 7. The minimum absolute atomic E-state index is 0. The Kier molecular flexibility index (Phi) is 17.2. The molecule has 9 nitrogen and oxygen atoms in total. The number of benzene rings is 3. The molecule has 0 amide bonds. The van der Waals surface area contributed by atoms with Crippen molar-refractivity contribution in [3.8, 4) is 17.2 Å². The first kappa shape index (κ1) is 42.8. The molecular formula is C37H48CoN2O7. The standard InChI is InChI=1S/C33H42N2O3.2C2H4O2.Co/c1-21-12-23(17-32(3,4)5)14-25(30(21)36)19-34-28-11-10-27(38-9)16-29(28)35-20-26-15-24(18-33(6,7)8)13-22(2)31(26)37;2*1-2(3)4;/h10-16,19-20,36-37H,17-18H2,1-9H3;2*1H3,(H,3,4);/q;;;+2/p-2. The van der Waals surface area contributed by atoms with Crippen molar-refractivity contribution in [2.24, 2.45) is 20.8 Å². The Hall–Kier alpha value is -4.15. The summed E-state index contributed by atoms with van der Waals surface area (Å²) < 4.78 is 5.42. The molecule has 0 atom stereocenters. The van der Waals surface area contributed by atoms with Gasteiger partial charge in [0.1, 0.15) is 17.2 Å². The molecule has 0 saturated carbocycles. The summed E-state index contributed by atoms with van der Waals surface area (Å²) in [5.41, 5.74) is 6.75. The number of aliphatic imine (C=N–C) groups is 2. The Balaban J connectivity index is 0.00000211. The number of hydrogen-bond acceptors (Lipinski definition) is 9. The van der Waals surface area contributed by atoms with Gasteiger partial charge in [-0.25, -0.2) is 0 Å². The number of phenols is 2. The van der Waals surface area contributed by atoms with E-state index in [0.29, 0.717) is 28.3 Å². The number of ether oxygens (including phenoxy) is 1. The fourth-order valence-electron chi connectivity index (χ4n) is 4.51. The minimum Gasteiger partial charge on any atom is -0.550 e. The van der Waals surface area contributed by atoms with Crippen LogP contribution >= 0.6 is 0 Å². The fraction of sp³-hybridized carbons (Fsp3) is 0.405. The monoisotopic (exact) mass is 691 g/mol. The number of carbonyl (C=O) groups is 2. The van der Waals surface area contributed by atoms with Gasteiger partial charge in [-0.3, -0.25) is 9.98 Å². The zero-order valence-corrected chi connectivity index (χ0v) is 30.3. The van der Waals surface area contributed by atoms with Crippen molar-refractivity contribution in [1.29, 1.82) is 0 Å². The van der Waals surface area contributed by atoms with E-state index in [9.17, 15) is 10.2 Å². The molecule has 2 N–H and O–H groups in total. The van der Waals surface area contributed by atoms with E-state index in [4.69, 9.17) is 34.5 Å². The van der Waals surface area contributed by atoms with Gasteiger partial charge in [-0.1, -0.05) is 53.7 Å². The van der Waals surface area contributed by atoms with Gasteiger partial charge in [-0.15, -0.1) is 0 Å². The average Bonchev–Trinajstić information content (AvgIpc) is 2.88. The summed E-state index contributed by atoms with van der Waals surface area (Å²) in [5.74, 6) is -1.07. The second-order valence-electron chi connectivity index (χ2n) is 13.5. The van der Waals surface area contributed by atoms with Crippen LogP contribution in [-0.4, -0.2) is 41.7 Å². The number of phenolic OH excluding ortho intramolecular Hbond substituents is 2. The first-order chi connectivity index (χ1) is 21.1. The molecule has 0 aliphatic heterocycles.